The molecule has 15 heavy (non-hydrogen) atoms. The maximum atomic E-state index is 6.01. The van der Waals surface area contributed by atoms with Gasteiger partial charge in [0.15, 0.2) is 0 Å². The molecule has 3 heteroatoms. The number of rotatable bonds is 8. The van der Waals surface area contributed by atoms with Gasteiger partial charge in [-0.05, 0) is 59.5 Å². The van der Waals surface area contributed by atoms with Crippen molar-refractivity contribution in [1.82, 2.24) is 9.80 Å². The van der Waals surface area contributed by atoms with Crippen LogP contribution in [0.1, 0.15) is 26.7 Å². The lowest BCUT2D eigenvalue weighted by Gasteiger charge is -2.21. The van der Waals surface area contributed by atoms with Crippen LogP contribution in [0.25, 0.3) is 0 Å². The van der Waals surface area contributed by atoms with E-state index >= 15 is 0 Å². The van der Waals surface area contributed by atoms with Crippen LogP contribution in [-0.4, -0.2) is 56.6 Å². The van der Waals surface area contributed by atoms with E-state index in [1.807, 2.05) is 0 Å². The average Bonchev–Trinajstić information content (AvgIpc) is 2.13. The third kappa shape index (κ3) is 8.85. The Kier molecular flexibility index (Phi) is 8.02. The van der Waals surface area contributed by atoms with Crippen molar-refractivity contribution in [2.24, 2.45) is 11.7 Å². The predicted molar refractivity (Wildman–Crippen MR) is 68.1 cm³/mol. The molecule has 92 valence electrons. The summed E-state index contributed by atoms with van der Waals surface area (Å²) in [6, 6.07) is 0.348. The molecule has 0 spiro atoms. The summed E-state index contributed by atoms with van der Waals surface area (Å²) in [5.74, 6) is 0.597. The summed E-state index contributed by atoms with van der Waals surface area (Å²) >= 11 is 0. The highest BCUT2D eigenvalue weighted by molar-refractivity contribution is 4.67. The van der Waals surface area contributed by atoms with Gasteiger partial charge in [0.2, 0.25) is 0 Å². The van der Waals surface area contributed by atoms with Crippen molar-refractivity contribution >= 4 is 0 Å². The summed E-state index contributed by atoms with van der Waals surface area (Å²) < 4.78 is 0. The Labute approximate surface area is 95.6 Å². The molecule has 0 heterocycles. The monoisotopic (exact) mass is 215 g/mol. The molecule has 0 bridgehead atoms. The quantitative estimate of drug-likeness (QED) is 0.661. The first kappa shape index (κ1) is 14.9. The van der Waals surface area contributed by atoms with Crippen LogP contribution in [0.3, 0.4) is 0 Å². The second kappa shape index (κ2) is 8.08. The van der Waals surface area contributed by atoms with Gasteiger partial charge in [0, 0.05) is 6.04 Å². The van der Waals surface area contributed by atoms with Gasteiger partial charge < -0.3 is 15.5 Å². The molecule has 0 fully saturated rings. The van der Waals surface area contributed by atoms with Gasteiger partial charge in [-0.15, -0.1) is 0 Å². The van der Waals surface area contributed by atoms with Crippen LogP contribution in [0.2, 0.25) is 0 Å². The van der Waals surface area contributed by atoms with Crippen LogP contribution < -0.4 is 5.73 Å². The van der Waals surface area contributed by atoms with E-state index in [-0.39, 0.29) is 0 Å². The molecular weight excluding hydrogens is 186 g/mol. The van der Waals surface area contributed by atoms with Gasteiger partial charge in [0.1, 0.15) is 0 Å². The first-order valence-electron chi connectivity index (χ1n) is 6.02. The van der Waals surface area contributed by atoms with Crippen molar-refractivity contribution in [3.8, 4) is 0 Å². The Bertz CT molecular complexity index is 146. The largest absolute Gasteiger partial charge is 0.327 e. The topological polar surface area (TPSA) is 32.5 Å². The van der Waals surface area contributed by atoms with E-state index in [1.165, 1.54) is 19.5 Å². The summed E-state index contributed by atoms with van der Waals surface area (Å²) in [7, 11) is 6.42. The van der Waals surface area contributed by atoms with Crippen LogP contribution >= 0.6 is 0 Å². The van der Waals surface area contributed by atoms with Crippen molar-refractivity contribution in [3.05, 3.63) is 0 Å². The lowest BCUT2D eigenvalue weighted by molar-refractivity contribution is 0.281. The highest BCUT2D eigenvalue weighted by atomic mass is 15.1. The fourth-order valence-electron chi connectivity index (χ4n) is 1.47. The standard InChI is InChI=1S/C12H29N3/c1-11(2)12(13)7-10-15(5)9-6-8-14(3)4/h11-12H,6-10,13H2,1-5H3. The Balaban J connectivity index is 3.44. The van der Waals surface area contributed by atoms with Gasteiger partial charge in [0.05, 0.1) is 0 Å². The van der Waals surface area contributed by atoms with Crippen molar-refractivity contribution in [1.29, 1.82) is 0 Å². The smallest absolute Gasteiger partial charge is 0.00740 e. The third-order valence-electron chi connectivity index (χ3n) is 2.85. The lowest BCUT2D eigenvalue weighted by Crippen LogP contribution is -2.32. The number of nitrogens with zero attached hydrogens (tertiary/aromatic N) is 2. The molecule has 0 aromatic heterocycles. The minimum atomic E-state index is 0.348. The van der Waals surface area contributed by atoms with Gasteiger partial charge in [-0.25, -0.2) is 0 Å². The molecule has 0 aliphatic heterocycles. The zero-order valence-corrected chi connectivity index (χ0v) is 11.2. The molecule has 0 aliphatic rings. The molecule has 0 aromatic rings. The van der Waals surface area contributed by atoms with Crippen molar-refractivity contribution in [2.45, 2.75) is 32.7 Å². The van der Waals surface area contributed by atoms with E-state index in [9.17, 15) is 0 Å². The second-order valence-electron chi connectivity index (χ2n) is 5.16. The second-order valence-corrected chi connectivity index (χ2v) is 5.16. The van der Waals surface area contributed by atoms with Crippen LogP contribution in [0.15, 0.2) is 0 Å². The SMILES string of the molecule is CC(C)C(N)CCN(C)CCCN(C)C. The van der Waals surface area contributed by atoms with E-state index in [1.54, 1.807) is 0 Å². The van der Waals surface area contributed by atoms with Crippen molar-refractivity contribution in [3.63, 3.8) is 0 Å². The van der Waals surface area contributed by atoms with Gasteiger partial charge in [-0.3, -0.25) is 0 Å². The third-order valence-corrected chi connectivity index (χ3v) is 2.85. The number of hydrogen-bond donors (Lipinski definition) is 1. The molecule has 0 saturated heterocycles. The van der Waals surface area contributed by atoms with E-state index in [0.29, 0.717) is 12.0 Å². The Morgan fingerprint density at radius 3 is 2.07 bits per heavy atom. The normalized spacial score (nSPS) is 14.2. The first-order chi connectivity index (χ1) is 6.93. The highest BCUT2D eigenvalue weighted by Gasteiger charge is 2.08. The van der Waals surface area contributed by atoms with Crippen LogP contribution in [0.5, 0.6) is 0 Å². The van der Waals surface area contributed by atoms with E-state index in [2.05, 4.69) is 44.8 Å². The van der Waals surface area contributed by atoms with Crippen LogP contribution in [0.4, 0.5) is 0 Å². The molecule has 0 amide bonds. The van der Waals surface area contributed by atoms with Crippen LogP contribution in [0, 0.1) is 5.92 Å². The molecule has 0 aromatic carbocycles. The Morgan fingerprint density at radius 1 is 1.00 bits per heavy atom. The lowest BCUT2D eigenvalue weighted by atomic mass is 10.0. The molecule has 0 rings (SSSR count). The highest BCUT2D eigenvalue weighted by Crippen LogP contribution is 2.03. The van der Waals surface area contributed by atoms with Gasteiger partial charge >= 0.3 is 0 Å². The molecule has 2 N–H and O–H groups in total. The van der Waals surface area contributed by atoms with E-state index < -0.39 is 0 Å². The summed E-state index contributed by atoms with van der Waals surface area (Å²) in [5, 5.41) is 0. The molecule has 0 radical (unpaired) electrons. The van der Waals surface area contributed by atoms with Gasteiger partial charge in [-0.1, -0.05) is 13.8 Å². The molecule has 0 aliphatic carbocycles. The minimum Gasteiger partial charge on any atom is -0.327 e. The molecule has 1 unspecified atom stereocenters. The molecule has 1 atom stereocenters. The minimum absolute atomic E-state index is 0.348. The summed E-state index contributed by atoms with van der Waals surface area (Å²) in [6.45, 7) is 7.84. The fourth-order valence-corrected chi connectivity index (χ4v) is 1.47. The van der Waals surface area contributed by atoms with Crippen molar-refractivity contribution < 1.29 is 0 Å². The Morgan fingerprint density at radius 2 is 1.60 bits per heavy atom. The maximum absolute atomic E-state index is 6.01. The van der Waals surface area contributed by atoms with Crippen molar-refractivity contribution in [2.75, 3.05) is 40.8 Å². The van der Waals surface area contributed by atoms with Gasteiger partial charge in [0.25, 0.3) is 0 Å². The molecule has 0 saturated carbocycles. The summed E-state index contributed by atoms with van der Waals surface area (Å²) in [6.07, 6.45) is 2.34. The average molecular weight is 215 g/mol. The maximum Gasteiger partial charge on any atom is 0.00740 e. The molecule has 3 nitrogen and oxygen atoms in total. The number of nitrogens with two attached hydrogens (primary N) is 1. The first-order valence-corrected chi connectivity index (χ1v) is 6.02. The summed E-state index contributed by atoms with van der Waals surface area (Å²) in [4.78, 5) is 4.61. The van der Waals surface area contributed by atoms with E-state index in [0.717, 1.165) is 13.0 Å². The predicted octanol–water partition coefficient (Wildman–Crippen LogP) is 1.24. The zero-order valence-electron chi connectivity index (χ0n) is 11.2. The Hall–Kier alpha value is -0.120. The molecular formula is C12H29N3. The van der Waals surface area contributed by atoms with Gasteiger partial charge in [-0.2, -0.15) is 0 Å². The fraction of sp³-hybridized carbons (Fsp3) is 1.00. The van der Waals surface area contributed by atoms with E-state index in [4.69, 9.17) is 5.73 Å². The number of hydrogen-bond acceptors (Lipinski definition) is 3. The summed E-state index contributed by atoms with van der Waals surface area (Å²) in [5.41, 5.74) is 6.01. The zero-order chi connectivity index (χ0) is 11.8. The van der Waals surface area contributed by atoms with Crippen LogP contribution in [-0.2, 0) is 0 Å².